The number of hydrogen-bond donors (Lipinski definition) is 0. The van der Waals surface area contributed by atoms with E-state index in [0.717, 1.165) is 24.4 Å². The number of pyridine rings is 1. The van der Waals surface area contributed by atoms with Gasteiger partial charge in [-0.1, -0.05) is 31.2 Å². The molecule has 1 aliphatic rings. The van der Waals surface area contributed by atoms with E-state index in [4.69, 9.17) is 16.9 Å². The summed E-state index contributed by atoms with van der Waals surface area (Å²) < 4.78 is 1.63. The largest absolute Gasteiger partial charge is 0.329 e. The van der Waals surface area contributed by atoms with E-state index < -0.39 is 8.07 Å². The number of amides is 1. The quantitative estimate of drug-likeness (QED) is 0.381. The first-order valence-electron chi connectivity index (χ1n) is 11.5. The summed E-state index contributed by atoms with van der Waals surface area (Å²) >= 11 is 6.41. The predicted octanol–water partition coefficient (Wildman–Crippen LogP) is 5.61. The second-order valence-electron chi connectivity index (χ2n) is 10.1. The molecule has 1 saturated carbocycles. The summed E-state index contributed by atoms with van der Waals surface area (Å²) in [7, 11) is -1.42. The van der Waals surface area contributed by atoms with Crippen molar-refractivity contribution in [2.24, 2.45) is 0 Å². The molecule has 1 amide bonds. The van der Waals surface area contributed by atoms with Crippen molar-refractivity contribution in [3.8, 4) is 11.9 Å². The van der Waals surface area contributed by atoms with E-state index in [9.17, 15) is 4.79 Å². The first-order chi connectivity index (χ1) is 16.2. The Kier molecular flexibility index (Phi) is 6.87. The highest BCUT2D eigenvalue weighted by Crippen LogP contribution is 2.41. The number of rotatable bonds is 8. The van der Waals surface area contributed by atoms with Crippen LogP contribution in [0.1, 0.15) is 59.0 Å². The van der Waals surface area contributed by atoms with Crippen LogP contribution in [0.25, 0.3) is 5.82 Å². The lowest BCUT2D eigenvalue weighted by atomic mass is 10.1. The molecule has 7 nitrogen and oxygen atoms in total. The first-order valence-corrected chi connectivity index (χ1v) is 15.6. The van der Waals surface area contributed by atoms with Crippen molar-refractivity contribution < 1.29 is 4.79 Å². The van der Waals surface area contributed by atoms with Gasteiger partial charge in [0.15, 0.2) is 11.6 Å². The minimum absolute atomic E-state index is 0.0579. The third kappa shape index (κ3) is 5.54. The third-order valence-corrected chi connectivity index (χ3v) is 8.03. The number of aromatic nitrogens is 4. The summed E-state index contributed by atoms with van der Waals surface area (Å²) in [6.07, 6.45) is 5.26. The summed E-state index contributed by atoms with van der Waals surface area (Å²) in [5.41, 5.74) is 2.22. The summed E-state index contributed by atoms with van der Waals surface area (Å²) in [5, 5.41) is 14.0. The molecule has 2 heterocycles. The number of nitrogens with zero attached hydrogens (tertiary/aromatic N) is 6. The Bertz CT molecular complexity index is 1220. The number of hydrogen-bond acceptors (Lipinski definition) is 5. The maximum absolute atomic E-state index is 13.9. The highest BCUT2D eigenvalue weighted by atomic mass is 35.5. The number of halogens is 1. The highest BCUT2D eigenvalue weighted by Gasteiger charge is 2.30. The zero-order chi connectivity index (χ0) is 24.5. The van der Waals surface area contributed by atoms with Crippen LogP contribution in [0.5, 0.6) is 0 Å². The Labute approximate surface area is 206 Å². The van der Waals surface area contributed by atoms with Crippen molar-refractivity contribution in [3.63, 3.8) is 0 Å². The standard InChI is InChI=1S/C25H29ClN6OSi/c1-17(24-29-16-30-32(24)23-8-5-18(14-27)15-28-23)31(9-10-34(2,3)4)25(33)21-11-20(19-6-7-19)12-22(26)13-21/h5,8,11-13,15-17,19H,6-7,9-10H2,1-4H3. The maximum atomic E-state index is 13.9. The molecule has 0 saturated heterocycles. The van der Waals surface area contributed by atoms with Gasteiger partial charge in [-0.2, -0.15) is 15.0 Å². The second-order valence-corrected chi connectivity index (χ2v) is 16.1. The topological polar surface area (TPSA) is 87.7 Å². The summed E-state index contributed by atoms with van der Waals surface area (Å²) in [6, 6.07) is 11.8. The number of carbonyl (C=O) groups is 1. The molecular formula is C25H29ClN6OSi. The van der Waals surface area contributed by atoms with Gasteiger partial charge in [0.05, 0.1) is 11.6 Å². The third-order valence-electron chi connectivity index (χ3n) is 6.09. The molecule has 1 unspecified atom stereocenters. The van der Waals surface area contributed by atoms with Gasteiger partial charge in [0, 0.05) is 31.4 Å². The lowest BCUT2D eigenvalue weighted by Gasteiger charge is -2.31. The number of nitriles is 1. The van der Waals surface area contributed by atoms with Crippen molar-refractivity contribution in [1.82, 2.24) is 24.6 Å². The summed E-state index contributed by atoms with van der Waals surface area (Å²) in [4.78, 5) is 24.6. The minimum Gasteiger partial charge on any atom is -0.329 e. The van der Waals surface area contributed by atoms with Gasteiger partial charge >= 0.3 is 0 Å². The van der Waals surface area contributed by atoms with Crippen LogP contribution in [-0.2, 0) is 0 Å². The minimum atomic E-state index is -1.42. The Hall–Kier alpha value is -3.02. The van der Waals surface area contributed by atoms with Gasteiger partial charge in [-0.3, -0.25) is 4.79 Å². The lowest BCUT2D eigenvalue weighted by molar-refractivity contribution is 0.0692. The fourth-order valence-electron chi connectivity index (χ4n) is 3.91. The Morgan fingerprint density at radius 1 is 1.26 bits per heavy atom. The summed E-state index contributed by atoms with van der Waals surface area (Å²) in [6.45, 7) is 9.49. The molecule has 1 fully saturated rings. The zero-order valence-corrected chi connectivity index (χ0v) is 21.8. The van der Waals surface area contributed by atoms with Gasteiger partial charge < -0.3 is 4.90 Å². The van der Waals surface area contributed by atoms with Gasteiger partial charge in [0.2, 0.25) is 0 Å². The molecule has 0 spiro atoms. The van der Waals surface area contributed by atoms with E-state index in [-0.39, 0.29) is 11.9 Å². The average Bonchev–Trinajstić information content (AvgIpc) is 3.54. The molecule has 2 aromatic heterocycles. The van der Waals surface area contributed by atoms with E-state index in [1.54, 1.807) is 22.9 Å². The van der Waals surface area contributed by atoms with Crippen molar-refractivity contribution in [2.75, 3.05) is 6.54 Å². The first kappa shape index (κ1) is 24.1. The smallest absolute Gasteiger partial charge is 0.254 e. The molecule has 0 aliphatic heterocycles. The molecule has 1 aromatic carbocycles. The van der Waals surface area contributed by atoms with Crippen LogP contribution in [-0.4, -0.2) is 45.2 Å². The van der Waals surface area contributed by atoms with E-state index in [1.807, 2.05) is 24.0 Å². The number of benzene rings is 1. The van der Waals surface area contributed by atoms with Crippen LogP contribution in [0, 0.1) is 11.3 Å². The monoisotopic (exact) mass is 492 g/mol. The van der Waals surface area contributed by atoms with Crippen LogP contribution < -0.4 is 0 Å². The highest BCUT2D eigenvalue weighted by molar-refractivity contribution is 6.76. The molecule has 34 heavy (non-hydrogen) atoms. The normalized spacial score (nSPS) is 14.5. The molecular weight excluding hydrogens is 464 g/mol. The molecule has 1 atom stereocenters. The lowest BCUT2D eigenvalue weighted by Crippen LogP contribution is -2.38. The van der Waals surface area contributed by atoms with Gasteiger partial charge in [-0.15, -0.1) is 0 Å². The Morgan fingerprint density at radius 2 is 2.03 bits per heavy atom. The van der Waals surface area contributed by atoms with Gasteiger partial charge in [0.1, 0.15) is 12.4 Å². The molecule has 0 bridgehead atoms. The molecule has 176 valence electrons. The second kappa shape index (κ2) is 9.69. The molecule has 0 N–H and O–H groups in total. The average molecular weight is 493 g/mol. The van der Waals surface area contributed by atoms with Gasteiger partial charge in [0.25, 0.3) is 5.91 Å². The van der Waals surface area contributed by atoms with Crippen LogP contribution in [0.4, 0.5) is 0 Å². The van der Waals surface area contributed by atoms with Crippen LogP contribution >= 0.6 is 11.6 Å². The fraction of sp³-hybridized carbons (Fsp3) is 0.400. The molecule has 0 radical (unpaired) electrons. The van der Waals surface area contributed by atoms with E-state index in [2.05, 4.69) is 40.8 Å². The van der Waals surface area contributed by atoms with Crippen molar-refractivity contribution in [1.29, 1.82) is 5.26 Å². The van der Waals surface area contributed by atoms with Crippen molar-refractivity contribution in [2.45, 2.75) is 57.4 Å². The van der Waals surface area contributed by atoms with E-state index in [0.29, 0.717) is 40.3 Å². The van der Waals surface area contributed by atoms with Crippen molar-refractivity contribution in [3.05, 3.63) is 70.4 Å². The molecule has 9 heteroatoms. The van der Waals surface area contributed by atoms with Crippen molar-refractivity contribution >= 4 is 25.6 Å². The molecule has 3 aromatic rings. The Morgan fingerprint density at radius 3 is 2.65 bits per heavy atom. The van der Waals surface area contributed by atoms with Crippen LogP contribution in [0.2, 0.25) is 30.7 Å². The predicted molar refractivity (Wildman–Crippen MR) is 135 cm³/mol. The molecule has 1 aliphatic carbocycles. The van der Waals surface area contributed by atoms with Crippen LogP contribution in [0.3, 0.4) is 0 Å². The maximum Gasteiger partial charge on any atom is 0.254 e. The van der Waals surface area contributed by atoms with E-state index >= 15 is 0 Å². The molecule has 4 rings (SSSR count). The van der Waals surface area contributed by atoms with Gasteiger partial charge in [-0.05, 0) is 67.6 Å². The fourth-order valence-corrected chi connectivity index (χ4v) is 5.06. The number of carbonyl (C=O) groups excluding carboxylic acids is 1. The van der Waals surface area contributed by atoms with Gasteiger partial charge in [-0.25, -0.2) is 9.97 Å². The SMILES string of the molecule is CC(c1ncnn1-c1ccc(C#N)cn1)N(CC[Si](C)(C)C)C(=O)c1cc(Cl)cc(C2CC2)c1. The van der Waals surface area contributed by atoms with Crippen LogP contribution in [0.15, 0.2) is 42.9 Å². The Balaban J connectivity index is 1.68. The zero-order valence-electron chi connectivity index (χ0n) is 20.0. The van der Waals surface area contributed by atoms with E-state index in [1.165, 1.54) is 12.5 Å². The summed E-state index contributed by atoms with van der Waals surface area (Å²) in [5.74, 6) is 1.61.